The van der Waals surface area contributed by atoms with Crippen molar-refractivity contribution in [2.24, 2.45) is 0 Å². The van der Waals surface area contributed by atoms with Crippen molar-refractivity contribution in [1.29, 1.82) is 0 Å². The molecule has 8 heteroatoms. The predicted molar refractivity (Wildman–Crippen MR) is 117 cm³/mol. The molecule has 32 heavy (non-hydrogen) atoms. The molecule has 1 unspecified atom stereocenters. The fourth-order valence-corrected chi connectivity index (χ4v) is 3.99. The van der Waals surface area contributed by atoms with Crippen LogP contribution in [0.2, 0.25) is 0 Å². The van der Waals surface area contributed by atoms with Crippen LogP contribution in [0, 0.1) is 6.92 Å². The first-order valence-electron chi connectivity index (χ1n) is 9.93. The second-order valence-electron chi connectivity index (χ2n) is 7.44. The summed E-state index contributed by atoms with van der Waals surface area (Å²) in [6.45, 7) is 1.79. The van der Waals surface area contributed by atoms with E-state index in [4.69, 9.17) is 9.15 Å². The lowest BCUT2D eigenvalue weighted by molar-refractivity contribution is -0.132. The number of furan rings is 1. The smallest absolute Gasteiger partial charge is 0.302 e. The summed E-state index contributed by atoms with van der Waals surface area (Å²) in [6.07, 6.45) is 1.45. The Morgan fingerprint density at radius 2 is 1.97 bits per heavy atom. The van der Waals surface area contributed by atoms with Gasteiger partial charge in [-0.3, -0.25) is 14.5 Å². The number of anilines is 1. The molecule has 0 saturated carbocycles. The molecule has 2 N–H and O–H groups in total. The Labute approximate surface area is 182 Å². The number of aliphatic hydroxyl groups is 1. The van der Waals surface area contributed by atoms with E-state index in [1.54, 1.807) is 50.4 Å². The van der Waals surface area contributed by atoms with Gasteiger partial charge in [-0.15, -0.1) is 0 Å². The van der Waals surface area contributed by atoms with Crippen LogP contribution in [-0.2, 0) is 9.59 Å². The van der Waals surface area contributed by atoms with E-state index in [1.807, 2.05) is 18.2 Å². The molecule has 160 valence electrons. The van der Waals surface area contributed by atoms with Gasteiger partial charge < -0.3 is 19.2 Å². The highest BCUT2D eigenvalue weighted by Gasteiger charge is 2.49. The highest BCUT2D eigenvalue weighted by Crippen LogP contribution is 2.42. The van der Waals surface area contributed by atoms with Gasteiger partial charge in [0.25, 0.3) is 5.78 Å². The zero-order chi connectivity index (χ0) is 22.4. The van der Waals surface area contributed by atoms with Gasteiger partial charge in [0.1, 0.15) is 23.3 Å². The number of methoxy groups -OCH3 is 1. The van der Waals surface area contributed by atoms with Crippen molar-refractivity contribution in [2.75, 3.05) is 12.0 Å². The average Bonchev–Trinajstić information content (AvgIpc) is 3.52. The zero-order valence-electron chi connectivity index (χ0n) is 17.3. The van der Waals surface area contributed by atoms with Crippen LogP contribution in [0.1, 0.15) is 22.9 Å². The standard InChI is InChI=1S/C24H19N3O5/c1-13-12-14(31-2)9-10-15(13)21(28)19-20(18-8-5-11-32-18)27(23(30)22(19)29)24-25-16-6-3-4-7-17(16)26-24/h3-12,20,28H,1-2H3,(H,25,26)/b21-19+. The number of carbonyl (C=O) groups is 2. The third-order valence-electron chi connectivity index (χ3n) is 5.55. The van der Waals surface area contributed by atoms with Crippen molar-refractivity contribution in [1.82, 2.24) is 9.97 Å². The van der Waals surface area contributed by atoms with Crippen molar-refractivity contribution >= 4 is 34.4 Å². The van der Waals surface area contributed by atoms with Crippen LogP contribution >= 0.6 is 0 Å². The summed E-state index contributed by atoms with van der Waals surface area (Å²) in [5, 5.41) is 11.2. The van der Waals surface area contributed by atoms with Crippen molar-refractivity contribution < 1.29 is 23.8 Å². The third kappa shape index (κ3) is 2.96. The first kappa shape index (κ1) is 19.6. The molecule has 1 saturated heterocycles. The quantitative estimate of drug-likeness (QED) is 0.287. The van der Waals surface area contributed by atoms with Gasteiger partial charge in [0.05, 0.1) is 30.0 Å². The Balaban J connectivity index is 1.71. The van der Waals surface area contributed by atoms with Crippen molar-refractivity contribution in [2.45, 2.75) is 13.0 Å². The molecule has 0 aliphatic carbocycles. The monoisotopic (exact) mass is 429 g/mol. The van der Waals surface area contributed by atoms with E-state index in [0.29, 0.717) is 33.7 Å². The molecule has 1 amide bonds. The summed E-state index contributed by atoms with van der Waals surface area (Å²) in [5.41, 5.74) is 2.40. The molecule has 3 heterocycles. The Hall–Kier alpha value is -4.33. The number of nitrogens with one attached hydrogen (secondary N) is 1. The molecule has 1 atom stereocenters. The number of benzene rings is 2. The number of amides is 1. The van der Waals surface area contributed by atoms with Crippen LogP contribution in [0.15, 0.2) is 70.9 Å². The van der Waals surface area contributed by atoms with E-state index >= 15 is 0 Å². The molecular weight excluding hydrogens is 410 g/mol. The van der Waals surface area contributed by atoms with E-state index in [2.05, 4.69) is 9.97 Å². The van der Waals surface area contributed by atoms with Crippen LogP contribution in [-0.4, -0.2) is 33.9 Å². The number of rotatable bonds is 4. The minimum absolute atomic E-state index is 0.0707. The number of Topliss-reactive ketones (excluding diaryl/α,β-unsaturated/α-hetero) is 1. The lowest BCUT2D eigenvalue weighted by atomic mass is 9.97. The van der Waals surface area contributed by atoms with E-state index in [-0.39, 0.29) is 17.3 Å². The zero-order valence-corrected chi connectivity index (χ0v) is 17.3. The molecule has 2 aromatic carbocycles. The number of carbonyl (C=O) groups excluding carboxylic acids is 2. The number of hydrogen-bond acceptors (Lipinski definition) is 6. The molecule has 2 aromatic heterocycles. The maximum absolute atomic E-state index is 13.1. The van der Waals surface area contributed by atoms with Gasteiger partial charge in [-0.05, 0) is 55.0 Å². The number of aliphatic hydroxyl groups excluding tert-OH is 1. The number of ketones is 1. The van der Waals surface area contributed by atoms with Gasteiger partial charge in [-0.1, -0.05) is 12.1 Å². The molecular formula is C24H19N3O5. The Bertz CT molecular complexity index is 1350. The summed E-state index contributed by atoms with van der Waals surface area (Å²) >= 11 is 0. The molecule has 1 aliphatic rings. The molecule has 0 radical (unpaired) electrons. The maximum atomic E-state index is 13.1. The Morgan fingerprint density at radius 3 is 2.66 bits per heavy atom. The number of para-hydroxylation sites is 2. The minimum atomic E-state index is -0.980. The lowest BCUT2D eigenvalue weighted by Gasteiger charge is -2.20. The topological polar surface area (TPSA) is 109 Å². The van der Waals surface area contributed by atoms with E-state index in [1.165, 1.54) is 11.2 Å². The first-order chi connectivity index (χ1) is 15.5. The van der Waals surface area contributed by atoms with Crippen LogP contribution in [0.3, 0.4) is 0 Å². The maximum Gasteiger partial charge on any atom is 0.302 e. The van der Waals surface area contributed by atoms with Gasteiger partial charge >= 0.3 is 5.91 Å². The summed E-state index contributed by atoms with van der Waals surface area (Å²) in [7, 11) is 1.55. The van der Waals surface area contributed by atoms with Crippen molar-refractivity contribution in [3.05, 3.63) is 83.3 Å². The highest BCUT2D eigenvalue weighted by atomic mass is 16.5. The second kappa shape index (κ2) is 7.42. The number of hydrogen-bond donors (Lipinski definition) is 2. The number of aryl methyl sites for hydroxylation is 1. The van der Waals surface area contributed by atoms with E-state index in [9.17, 15) is 14.7 Å². The molecule has 4 aromatic rings. The van der Waals surface area contributed by atoms with Gasteiger partial charge in [-0.25, -0.2) is 4.98 Å². The van der Waals surface area contributed by atoms with Crippen LogP contribution in [0.5, 0.6) is 5.75 Å². The number of H-pyrrole nitrogens is 1. The molecule has 1 aliphatic heterocycles. The Kier molecular flexibility index (Phi) is 4.55. The third-order valence-corrected chi connectivity index (χ3v) is 5.55. The SMILES string of the molecule is COc1ccc(/C(O)=C2\C(=O)C(=O)N(c3nc4ccccc4[nH]3)C2c2ccco2)c(C)c1. The van der Waals surface area contributed by atoms with Crippen LogP contribution < -0.4 is 9.64 Å². The van der Waals surface area contributed by atoms with Gasteiger partial charge in [0.2, 0.25) is 5.95 Å². The molecule has 0 bridgehead atoms. The fourth-order valence-electron chi connectivity index (χ4n) is 3.99. The van der Waals surface area contributed by atoms with Crippen LogP contribution in [0.25, 0.3) is 16.8 Å². The second-order valence-corrected chi connectivity index (χ2v) is 7.44. The molecule has 5 rings (SSSR count). The van der Waals surface area contributed by atoms with Gasteiger partial charge in [0, 0.05) is 5.56 Å². The van der Waals surface area contributed by atoms with E-state index < -0.39 is 17.7 Å². The lowest BCUT2D eigenvalue weighted by Crippen LogP contribution is -2.30. The molecule has 8 nitrogen and oxygen atoms in total. The predicted octanol–water partition coefficient (Wildman–Crippen LogP) is 4.10. The highest BCUT2D eigenvalue weighted by molar-refractivity contribution is 6.51. The van der Waals surface area contributed by atoms with Gasteiger partial charge in [0.15, 0.2) is 0 Å². The number of imidazole rings is 1. The summed E-state index contributed by atoms with van der Waals surface area (Å²) in [5.74, 6) is -0.775. The Morgan fingerprint density at radius 1 is 1.16 bits per heavy atom. The van der Waals surface area contributed by atoms with Crippen molar-refractivity contribution in [3.63, 3.8) is 0 Å². The summed E-state index contributed by atoms with van der Waals surface area (Å²) < 4.78 is 10.8. The number of fused-ring (bicyclic) bond motifs is 1. The normalized spacial score (nSPS) is 17.9. The fraction of sp³-hybridized carbons (Fsp3) is 0.125. The number of nitrogens with zero attached hydrogens (tertiary/aromatic N) is 2. The minimum Gasteiger partial charge on any atom is -0.507 e. The number of aromatic nitrogens is 2. The molecule has 1 fully saturated rings. The molecule has 0 spiro atoms. The van der Waals surface area contributed by atoms with Crippen LogP contribution in [0.4, 0.5) is 5.95 Å². The first-order valence-corrected chi connectivity index (χ1v) is 9.93. The van der Waals surface area contributed by atoms with E-state index in [0.717, 1.165) is 0 Å². The summed E-state index contributed by atoms with van der Waals surface area (Å²) in [6, 6.07) is 14.7. The average molecular weight is 429 g/mol. The summed E-state index contributed by atoms with van der Waals surface area (Å²) in [4.78, 5) is 35.1. The number of aromatic amines is 1. The van der Waals surface area contributed by atoms with Crippen molar-refractivity contribution in [3.8, 4) is 5.75 Å². The largest absolute Gasteiger partial charge is 0.507 e. The number of ether oxygens (including phenoxy) is 1. The van der Waals surface area contributed by atoms with Gasteiger partial charge in [-0.2, -0.15) is 0 Å².